The van der Waals surface area contributed by atoms with Crippen molar-refractivity contribution in [1.29, 1.82) is 0 Å². The van der Waals surface area contributed by atoms with E-state index in [2.05, 4.69) is 19.1 Å². The topological polar surface area (TPSA) is 129 Å². The zero-order valence-corrected chi connectivity index (χ0v) is 14.3. The van der Waals surface area contributed by atoms with E-state index in [9.17, 15) is 14.2 Å². The number of rotatable bonds is 8. The second-order valence-corrected chi connectivity index (χ2v) is 5.70. The van der Waals surface area contributed by atoms with Crippen molar-refractivity contribution in [3.63, 3.8) is 0 Å². The zero-order chi connectivity index (χ0) is 18.9. The van der Waals surface area contributed by atoms with Crippen molar-refractivity contribution < 1.29 is 43.5 Å². The molecular weight excluding hydrogens is 367 g/mol. The van der Waals surface area contributed by atoms with Crippen molar-refractivity contribution in [2.45, 2.75) is 13.2 Å². The molecule has 0 atom stereocenters. The summed E-state index contributed by atoms with van der Waals surface area (Å²) in [5, 5.41) is 17.8. The normalized spacial score (nSPS) is 10.6. The number of hydrogen-bond acceptors (Lipinski definition) is 9. The van der Waals surface area contributed by atoms with Gasteiger partial charge in [-0.2, -0.15) is 0 Å². The highest BCUT2D eigenvalue weighted by molar-refractivity contribution is 7.33. The third-order valence-electron chi connectivity index (χ3n) is 3.12. The molecule has 2 aromatic rings. The lowest BCUT2D eigenvalue weighted by molar-refractivity contribution is -0.201. The summed E-state index contributed by atoms with van der Waals surface area (Å²) in [7, 11) is -3.44. The minimum absolute atomic E-state index is 0.0953. The fraction of sp³-hybridized carbons (Fsp3) is 0.125. The van der Waals surface area contributed by atoms with Gasteiger partial charge < -0.3 is 10.2 Å². The van der Waals surface area contributed by atoms with Crippen LogP contribution in [0.3, 0.4) is 0 Å². The third-order valence-corrected chi connectivity index (χ3v) is 3.55. The Morgan fingerprint density at radius 3 is 1.38 bits per heavy atom. The standard InChI is InChI=1S/C16H15O9P/c17-9-11-1-5-13(6-2-11)15(19)22-24-26(21)25-23-16(20)14-7-3-12(10-18)4-8-14/h1-8,17-18,26H,9-10H2. The molecule has 0 spiro atoms. The maximum atomic E-state index is 11.7. The van der Waals surface area contributed by atoms with E-state index in [4.69, 9.17) is 10.2 Å². The van der Waals surface area contributed by atoms with Gasteiger partial charge in [0.25, 0.3) is 0 Å². The fourth-order valence-electron chi connectivity index (χ4n) is 1.75. The van der Waals surface area contributed by atoms with Crippen LogP contribution in [0.15, 0.2) is 48.5 Å². The van der Waals surface area contributed by atoms with E-state index in [-0.39, 0.29) is 24.3 Å². The van der Waals surface area contributed by atoms with Gasteiger partial charge in [0.2, 0.25) is 0 Å². The van der Waals surface area contributed by atoms with Gasteiger partial charge in [0, 0.05) is 0 Å². The summed E-state index contributed by atoms with van der Waals surface area (Å²) < 4.78 is 19.9. The van der Waals surface area contributed by atoms with Gasteiger partial charge in [-0.3, -0.25) is 14.3 Å². The summed E-state index contributed by atoms with van der Waals surface area (Å²) >= 11 is 0. The van der Waals surface area contributed by atoms with Gasteiger partial charge in [0.1, 0.15) is 0 Å². The lowest BCUT2D eigenvalue weighted by Crippen LogP contribution is -2.06. The van der Waals surface area contributed by atoms with Crippen molar-refractivity contribution in [3.05, 3.63) is 70.8 Å². The molecule has 2 rings (SSSR count). The van der Waals surface area contributed by atoms with E-state index in [0.717, 1.165) is 0 Å². The van der Waals surface area contributed by atoms with Gasteiger partial charge in [-0.15, -0.1) is 0 Å². The predicted octanol–water partition coefficient (Wildman–Crippen LogP) is 1.94. The highest BCUT2D eigenvalue weighted by atomic mass is 31.1. The van der Waals surface area contributed by atoms with Crippen LogP contribution in [0.25, 0.3) is 0 Å². The largest absolute Gasteiger partial charge is 0.395 e. The molecule has 0 amide bonds. The van der Waals surface area contributed by atoms with Gasteiger partial charge in [-0.1, -0.05) is 33.6 Å². The van der Waals surface area contributed by atoms with Gasteiger partial charge >= 0.3 is 20.2 Å². The average molecular weight is 382 g/mol. The highest BCUT2D eigenvalue weighted by Crippen LogP contribution is 2.25. The van der Waals surface area contributed by atoms with E-state index in [1.807, 2.05) is 0 Å². The Morgan fingerprint density at radius 2 is 1.08 bits per heavy atom. The third kappa shape index (κ3) is 5.76. The maximum absolute atomic E-state index is 11.7. The van der Waals surface area contributed by atoms with Crippen molar-refractivity contribution in [3.8, 4) is 0 Å². The van der Waals surface area contributed by atoms with Crippen LogP contribution >= 0.6 is 8.25 Å². The van der Waals surface area contributed by atoms with Crippen LogP contribution in [0.5, 0.6) is 0 Å². The molecule has 0 radical (unpaired) electrons. The molecule has 0 bridgehead atoms. The molecule has 138 valence electrons. The zero-order valence-electron chi connectivity index (χ0n) is 13.3. The van der Waals surface area contributed by atoms with E-state index in [1.165, 1.54) is 48.5 Å². The summed E-state index contributed by atoms with van der Waals surface area (Å²) in [6.07, 6.45) is 0. The Morgan fingerprint density at radius 1 is 0.731 bits per heavy atom. The van der Waals surface area contributed by atoms with Gasteiger partial charge in [0.05, 0.1) is 24.3 Å². The highest BCUT2D eigenvalue weighted by Gasteiger charge is 2.14. The molecule has 0 fully saturated rings. The van der Waals surface area contributed by atoms with Crippen LogP contribution in [0, 0.1) is 0 Å². The molecule has 0 aliphatic carbocycles. The predicted molar refractivity (Wildman–Crippen MR) is 86.7 cm³/mol. The Kier molecular flexibility index (Phi) is 7.46. The number of benzene rings is 2. The number of carbonyl (C=O) groups excluding carboxylic acids is 2. The fourth-order valence-corrected chi connectivity index (χ4v) is 2.06. The van der Waals surface area contributed by atoms with Crippen molar-refractivity contribution in [1.82, 2.24) is 0 Å². The number of hydrogen-bond donors (Lipinski definition) is 2. The minimum Gasteiger partial charge on any atom is -0.392 e. The van der Waals surface area contributed by atoms with Crippen LogP contribution in [0.1, 0.15) is 31.8 Å². The summed E-state index contributed by atoms with van der Waals surface area (Å²) in [5.41, 5.74) is 1.38. The number of aliphatic hydroxyl groups is 2. The van der Waals surface area contributed by atoms with E-state index in [1.54, 1.807) is 0 Å². The number of carbonyl (C=O) groups is 2. The Bertz CT molecular complexity index is 706. The molecule has 26 heavy (non-hydrogen) atoms. The van der Waals surface area contributed by atoms with Crippen LogP contribution in [0.2, 0.25) is 0 Å². The molecule has 2 N–H and O–H groups in total. The SMILES string of the molecule is O=C(OO[PH](=O)OOC(=O)c1ccc(CO)cc1)c1ccc(CO)cc1. The first-order valence-electron chi connectivity index (χ1n) is 7.24. The van der Waals surface area contributed by atoms with Crippen molar-refractivity contribution in [2.75, 3.05) is 0 Å². The van der Waals surface area contributed by atoms with Crippen LogP contribution in [-0.2, 0) is 36.9 Å². The van der Waals surface area contributed by atoms with Crippen LogP contribution in [-0.4, -0.2) is 22.2 Å². The summed E-state index contributed by atoms with van der Waals surface area (Å²) in [4.78, 5) is 31.9. The van der Waals surface area contributed by atoms with Crippen molar-refractivity contribution >= 4 is 20.2 Å². The molecule has 0 aliphatic heterocycles. The summed E-state index contributed by atoms with van der Waals surface area (Å²) in [6, 6.07) is 11.5. The Hall–Kier alpha value is -2.55. The van der Waals surface area contributed by atoms with E-state index < -0.39 is 20.2 Å². The summed E-state index contributed by atoms with van der Waals surface area (Å²) in [6.45, 7) is -0.358. The first kappa shape index (κ1) is 19.8. The van der Waals surface area contributed by atoms with Gasteiger partial charge in [-0.05, 0) is 35.4 Å². The average Bonchev–Trinajstić information content (AvgIpc) is 2.70. The first-order valence-corrected chi connectivity index (χ1v) is 8.47. The van der Waals surface area contributed by atoms with Gasteiger partial charge in [-0.25, -0.2) is 9.59 Å². The monoisotopic (exact) mass is 382 g/mol. The number of aliphatic hydroxyl groups excluding tert-OH is 2. The Balaban J connectivity index is 1.77. The lowest BCUT2D eigenvalue weighted by atomic mass is 10.1. The molecule has 0 unspecified atom stereocenters. The molecule has 0 saturated carbocycles. The second kappa shape index (κ2) is 9.81. The minimum atomic E-state index is -3.44. The molecule has 0 aliphatic rings. The molecular formula is C16H15O9P. The van der Waals surface area contributed by atoms with E-state index >= 15 is 0 Å². The smallest absolute Gasteiger partial charge is 0.392 e. The molecule has 0 saturated heterocycles. The van der Waals surface area contributed by atoms with Crippen LogP contribution in [0.4, 0.5) is 0 Å². The molecule has 0 aromatic heterocycles. The summed E-state index contributed by atoms with van der Waals surface area (Å²) in [5.74, 6) is -1.88. The second-order valence-electron chi connectivity index (χ2n) is 4.87. The first-order chi connectivity index (χ1) is 12.5. The van der Waals surface area contributed by atoms with Gasteiger partial charge in [0.15, 0.2) is 0 Å². The maximum Gasteiger partial charge on any atom is 0.395 e. The molecule has 0 heterocycles. The molecule has 2 aromatic carbocycles. The van der Waals surface area contributed by atoms with Crippen LogP contribution < -0.4 is 0 Å². The quantitative estimate of drug-likeness (QED) is 0.400. The Labute approximate surface area is 148 Å². The van der Waals surface area contributed by atoms with Crippen molar-refractivity contribution in [2.24, 2.45) is 0 Å². The van der Waals surface area contributed by atoms with E-state index in [0.29, 0.717) is 11.1 Å². The molecule has 10 heteroatoms. The lowest BCUT2D eigenvalue weighted by Gasteiger charge is -2.05. The molecule has 9 nitrogen and oxygen atoms in total.